The summed E-state index contributed by atoms with van der Waals surface area (Å²) in [7, 11) is 0. The molecule has 0 aromatic carbocycles. The van der Waals surface area contributed by atoms with Crippen LogP contribution in [-0.4, -0.2) is 15.9 Å². The molecule has 18 heavy (non-hydrogen) atoms. The third-order valence-electron chi connectivity index (χ3n) is 2.90. The highest BCUT2D eigenvalue weighted by Gasteiger charge is 2.45. The van der Waals surface area contributed by atoms with Gasteiger partial charge < -0.3 is 4.42 Å². The van der Waals surface area contributed by atoms with Crippen LogP contribution in [0.4, 0.5) is 5.95 Å². The van der Waals surface area contributed by atoms with Crippen LogP contribution in [0.2, 0.25) is 0 Å². The molecule has 1 saturated carbocycles. The van der Waals surface area contributed by atoms with Crippen LogP contribution >= 0.6 is 0 Å². The van der Waals surface area contributed by atoms with Crippen LogP contribution in [-0.2, 0) is 4.79 Å². The van der Waals surface area contributed by atoms with Crippen molar-refractivity contribution in [2.45, 2.75) is 12.3 Å². The van der Waals surface area contributed by atoms with E-state index in [9.17, 15) is 4.79 Å². The first-order chi connectivity index (χ1) is 8.84. The molecule has 1 fully saturated rings. The Kier molecular flexibility index (Phi) is 2.68. The number of hydrazine groups is 1. The summed E-state index contributed by atoms with van der Waals surface area (Å²) < 4.78 is 5.28. The molecule has 2 aromatic rings. The lowest BCUT2D eigenvalue weighted by atomic mass is 10.2. The maximum absolute atomic E-state index is 11.8. The van der Waals surface area contributed by atoms with Gasteiger partial charge in [0.25, 0.3) is 0 Å². The topological polar surface area (TPSA) is 80.0 Å². The van der Waals surface area contributed by atoms with Gasteiger partial charge in [-0.25, -0.2) is 9.97 Å². The van der Waals surface area contributed by atoms with Crippen molar-refractivity contribution in [3.05, 3.63) is 42.6 Å². The van der Waals surface area contributed by atoms with Crippen LogP contribution < -0.4 is 10.9 Å². The van der Waals surface area contributed by atoms with E-state index in [1.165, 1.54) is 0 Å². The summed E-state index contributed by atoms with van der Waals surface area (Å²) >= 11 is 0. The second kappa shape index (κ2) is 4.48. The maximum atomic E-state index is 11.8. The summed E-state index contributed by atoms with van der Waals surface area (Å²) in [6, 6.07) is 5.44. The molecular formula is C12H12N4O2. The van der Waals surface area contributed by atoms with E-state index in [0.717, 1.165) is 12.2 Å². The number of aromatic nitrogens is 2. The van der Waals surface area contributed by atoms with Crippen molar-refractivity contribution in [3.8, 4) is 0 Å². The van der Waals surface area contributed by atoms with Gasteiger partial charge >= 0.3 is 0 Å². The van der Waals surface area contributed by atoms with E-state index in [2.05, 4.69) is 20.8 Å². The van der Waals surface area contributed by atoms with Gasteiger partial charge in [0.15, 0.2) is 0 Å². The second-order valence-corrected chi connectivity index (χ2v) is 4.15. The van der Waals surface area contributed by atoms with E-state index in [1.54, 1.807) is 24.7 Å². The number of carbonyl (C=O) groups is 1. The Morgan fingerprint density at radius 2 is 2.17 bits per heavy atom. The number of hydrogen-bond acceptors (Lipinski definition) is 5. The van der Waals surface area contributed by atoms with Crippen molar-refractivity contribution in [3.63, 3.8) is 0 Å². The normalized spacial score (nSPS) is 21.3. The van der Waals surface area contributed by atoms with Gasteiger partial charge in [-0.05, 0) is 24.6 Å². The van der Waals surface area contributed by atoms with Gasteiger partial charge in [0, 0.05) is 18.3 Å². The molecule has 0 radical (unpaired) electrons. The summed E-state index contributed by atoms with van der Waals surface area (Å²) in [4.78, 5) is 19.7. The molecule has 6 heteroatoms. The van der Waals surface area contributed by atoms with Crippen molar-refractivity contribution >= 4 is 11.9 Å². The Morgan fingerprint density at radius 1 is 1.33 bits per heavy atom. The van der Waals surface area contributed by atoms with Gasteiger partial charge in [-0.2, -0.15) is 0 Å². The van der Waals surface area contributed by atoms with Gasteiger partial charge in [0.05, 0.1) is 12.2 Å². The van der Waals surface area contributed by atoms with E-state index in [0.29, 0.717) is 5.95 Å². The van der Waals surface area contributed by atoms with Crippen LogP contribution in [0.15, 0.2) is 41.3 Å². The summed E-state index contributed by atoms with van der Waals surface area (Å²) in [6.07, 6.45) is 5.64. The molecular weight excluding hydrogens is 232 g/mol. The lowest BCUT2D eigenvalue weighted by Gasteiger charge is -2.05. The monoisotopic (exact) mass is 244 g/mol. The van der Waals surface area contributed by atoms with Gasteiger partial charge in [0.1, 0.15) is 5.76 Å². The minimum absolute atomic E-state index is 0.0348. The average molecular weight is 244 g/mol. The van der Waals surface area contributed by atoms with Crippen molar-refractivity contribution < 1.29 is 9.21 Å². The smallest absolute Gasteiger partial charge is 0.242 e. The molecule has 92 valence electrons. The molecule has 1 amide bonds. The molecule has 2 heterocycles. The molecule has 1 aliphatic rings. The Bertz CT molecular complexity index is 526. The number of nitrogens with one attached hydrogen (secondary N) is 2. The van der Waals surface area contributed by atoms with E-state index in [1.807, 2.05) is 12.1 Å². The molecule has 1 aliphatic carbocycles. The molecule has 0 spiro atoms. The fraction of sp³-hybridized carbons (Fsp3) is 0.250. The molecule has 0 aliphatic heterocycles. The number of anilines is 1. The lowest BCUT2D eigenvalue weighted by molar-refractivity contribution is -0.121. The molecule has 2 aromatic heterocycles. The Labute approximate surface area is 103 Å². The Morgan fingerprint density at radius 3 is 2.89 bits per heavy atom. The largest absolute Gasteiger partial charge is 0.469 e. The van der Waals surface area contributed by atoms with E-state index >= 15 is 0 Å². The number of nitrogens with zero attached hydrogens (tertiary/aromatic N) is 2. The molecule has 2 N–H and O–H groups in total. The second-order valence-electron chi connectivity index (χ2n) is 4.15. The van der Waals surface area contributed by atoms with Crippen LogP contribution in [0, 0.1) is 5.92 Å². The minimum Gasteiger partial charge on any atom is -0.469 e. The van der Waals surface area contributed by atoms with Gasteiger partial charge in [0.2, 0.25) is 11.9 Å². The van der Waals surface area contributed by atoms with Crippen LogP contribution in [0.1, 0.15) is 18.1 Å². The zero-order valence-corrected chi connectivity index (χ0v) is 9.54. The van der Waals surface area contributed by atoms with E-state index in [4.69, 9.17) is 4.42 Å². The van der Waals surface area contributed by atoms with Gasteiger partial charge in [-0.1, -0.05) is 0 Å². The fourth-order valence-corrected chi connectivity index (χ4v) is 1.88. The highest BCUT2D eigenvalue weighted by molar-refractivity contribution is 5.83. The molecule has 3 rings (SSSR count). The molecule has 6 nitrogen and oxygen atoms in total. The van der Waals surface area contributed by atoms with Crippen molar-refractivity contribution in [1.29, 1.82) is 0 Å². The molecule has 0 saturated heterocycles. The summed E-state index contributed by atoms with van der Waals surface area (Å²) in [5, 5.41) is 0. The average Bonchev–Trinajstić information content (AvgIpc) is 3.03. The van der Waals surface area contributed by atoms with Gasteiger partial charge in [-0.3, -0.25) is 15.6 Å². The standard InChI is InChI=1S/C12H12N4O2/c17-11(15-16-12-13-4-2-5-14-12)9-7-8(9)10-3-1-6-18-10/h1-6,8-9H,7H2,(H,15,17)(H,13,14,16)/t8-,9+/m1/s1. The first-order valence-corrected chi connectivity index (χ1v) is 5.71. The first-order valence-electron chi connectivity index (χ1n) is 5.71. The van der Waals surface area contributed by atoms with Crippen LogP contribution in [0.5, 0.6) is 0 Å². The number of hydrogen-bond donors (Lipinski definition) is 2. The lowest BCUT2D eigenvalue weighted by Crippen LogP contribution is -2.31. The summed E-state index contributed by atoms with van der Waals surface area (Å²) in [6.45, 7) is 0. The number of carbonyl (C=O) groups excluding carboxylic acids is 1. The third kappa shape index (κ3) is 2.17. The Hall–Kier alpha value is -2.37. The molecule has 0 unspecified atom stereocenters. The third-order valence-corrected chi connectivity index (χ3v) is 2.90. The number of rotatable bonds is 4. The fourth-order valence-electron chi connectivity index (χ4n) is 1.88. The summed E-state index contributed by atoms with van der Waals surface area (Å²) in [5.74, 6) is 1.34. The predicted molar refractivity (Wildman–Crippen MR) is 63.4 cm³/mol. The van der Waals surface area contributed by atoms with Crippen molar-refractivity contribution in [2.24, 2.45) is 5.92 Å². The number of furan rings is 1. The van der Waals surface area contributed by atoms with Gasteiger partial charge in [-0.15, -0.1) is 0 Å². The highest BCUT2D eigenvalue weighted by atomic mass is 16.3. The highest BCUT2D eigenvalue weighted by Crippen LogP contribution is 2.47. The summed E-state index contributed by atoms with van der Waals surface area (Å²) in [5.41, 5.74) is 5.28. The zero-order chi connectivity index (χ0) is 12.4. The minimum atomic E-state index is -0.0659. The van der Waals surface area contributed by atoms with E-state index < -0.39 is 0 Å². The predicted octanol–water partition coefficient (Wildman–Crippen LogP) is 1.32. The number of amides is 1. The quantitative estimate of drug-likeness (QED) is 0.793. The Balaban J connectivity index is 1.52. The molecule has 2 atom stereocenters. The molecule has 0 bridgehead atoms. The van der Waals surface area contributed by atoms with E-state index in [-0.39, 0.29) is 17.7 Å². The SMILES string of the molecule is O=C(NNc1ncccn1)[C@H]1C[C@H]1c1ccco1. The van der Waals surface area contributed by atoms with Crippen molar-refractivity contribution in [1.82, 2.24) is 15.4 Å². The van der Waals surface area contributed by atoms with Crippen molar-refractivity contribution in [2.75, 3.05) is 5.43 Å². The maximum Gasteiger partial charge on any atom is 0.242 e. The first kappa shape index (κ1) is 10.8. The van der Waals surface area contributed by atoms with Crippen LogP contribution in [0.25, 0.3) is 0 Å². The van der Waals surface area contributed by atoms with Crippen LogP contribution in [0.3, 0.4) is 0 Å². The zero-order valence-electron chi connectivity index (χ0n) is 9.54.